The molecule has 2 fully saturated rings. The first-order valence-electron chi connectivity index (χ1n) is 10.8. The molecule has 0 aromatic heterocycles. The molecule has 1 aromatic rings. The van der Waals surface area contributed by atoms with Gasteiger partial charge in [-0.1, -0.05) is 30.3 Å². The van der Waals surface area contributed by atoms with Gasteiger partial charge in [0, 0.05) is 31.0 Å². The van der Waals surface area contributed by atoms with Crippen LogP contribution in [0.4, 0.5) is 0 Å². The summed E-state index contributed by atoms with van der Waals surface area (Å²) in [5.41, 5.74) is 1.08. The van der Waals surface area contributed by atoms with Crippen molar-refractivity contribution in [2.45, 2.75) is 39.3 Å². The predicted molar refractivity (Wildman–Crippen MR) is 122 cm³/mol. The maximum atomic E-state index is 13.3. The molecule has 2 aliphatic rings. The van der Waals surface area contributed by atoms with Gasteiger partial charge in [-0.05, 0) is 51.0 Å². The van der Waals surface area contributed by atoms with Crippen LogP contribution in [0.2, 0.25) is 0 Å². The normalized spacial score (nSPS) is 25.1. The van der Waals surface area contributed by atoms with Gasteiger partial charge < -0.3 is 15.3 Å². The number of allylic oxidation sites excluding steroid dienone is 2. The number of hydrogen-bond acceptors (Lipinski definition) is 5. The highest BCUT2D eigenvalue weighted by Crippen LogP contribution is 2.54. The molecule has 3 atom stereocenters. The first-order chi connectivity index (χ1) is 14.9. The number of hydrogen-bond donors (Lipinski definition) is 2. The average molecular weight is 425 g/mol. The van der Waals surface area contributed by atoms with Crippen molar-refractivity contribution in [1.82, 2.24) is 10.2 Å². The van der Waals surface area contributed by atoms with Crippen molar-refractivity contribution >= 4 is 24.7 Å². The summed E-state index contributed by atoms with van der Waals surface area (Å²) in [4.78, 5) is 35.6. The molecule has 1 heterocycles. The Labute approximate surface area is 184 Å². The van der Waals surface area contributed by atoms with Gasteiger partial charge in [0.2, 0.25) is 11.8 Å². The summed E-state index contributed by atoms with van der Waals surface area (Å²) in [5.74, 6) is 0.0551. The van der Waals surface area contributed by atoms with E-state index in [0.717, 1.165) is 24.1 Å². The number of carbonyl (C=O) groups is 2. The fourth-order valence-electron chi connectivity index (χ4n) is 4.51. The zero-order valence-electron chi connectivity index (χ0n) is 18.3. The van der Waals surface area contributed by atoms with Crippen LogP contribution >= 0.6 is 0 Å². The van der Waals surface area contributed by atoms with E-state index < -0.39 is 5.41 Å². The van der Waals surface area contributed by atoms with Gasteiger partial charge in [-0.2, -0.15) is 0 Å². The van der Waals surface area contributed by atoms with Gasteiger partial charge in [0.05, 0.1) is 18.4 Å². The van der Waals surface area contributed by atoms with Crippen LogP contribution in [0.25, 0.3) is 0 Å². The predicted octanol–water partition coefficient (Wildman–Crippen LogP) is 2.21. The number of nitrogens with one attached hydrogen (secondary N) is 1. The van der Waals surface area contributed by atoms with Crippen LogP contribution in [0, 0.1) is 17.3 Å². The highest BCUT2D eigenvalue weighted by atomic mass is 16.3. The van der Waals surface area contributed by atoms with Crippen molar-refractivity contribution in [3.05, 3.63) is 47.7 Å². The van der Waals surface area contributed by atoms with Crippen molar-refractivity contribution < 1.29 is 14.7 Å². The number of aliphatic hydroxyl groups is 1. The topological polar surface area (TPSA) is 94.4 Å². The number of nitrogens with zero attached hydrogens (tertiary/aromatic N) is 3. The lowest BCUT2D eigenvalue weighted by atomic mass is 9.73. The number of rotatable bonds is 10. The Morgan fingerprint density at radius 3 is 2.71 bits per heavy atom. The SMILES string of the molecule is C=NCC1(C2CC2)C(=O)N(/C(C)=C/C=NC(C)NC(=O)Cc2ccccc2)CC1CO. The summed E-state index contributed by atoms with van der Waals surface area (Å²) >= 11 is 0. The van der Waals surface area contributed by atoms with E-state index in [4.69, 9.17) is 0 Å². The third-order valence-corrected chi connectivity index (χ3v) is 6.30. The minimum Gasteiger partial charge on any atom is -0.396 e. The maximum absolute atomic E-state index is 13.3. The van der Waals surface area contributed by atoms with E-state index in [9.17, 15) is 14.7 Å². The monoisotopic (exact) mass is 424 g/mol. The van der Waals surface area contributed by atoms with Gasteiger partial charge >= 0.3 is 0 Å². The van der Waals surface area contributed by atoms with Crippen LogP contribution < -0.4 is 5.32 Å². The Morgan fingerprint density at radius 2 is 2.10 bits per heavy atom. The summed E-state index contributed by atoms with van der Waals surface area (Å²) in [6.45, 7) is 8.05. The first-order valence-corrected chi connectivity index (χ1v) is 10.8. The number of carbonyl (C=O) groups excluding carboxylic acids is 2. The van der Waals surface area contributed by atoms with Gasteiger partial charge in [-0.3, -0.25) is 19.6 Å². The second-order valence-electron chi connectivity index (χ2n) is 8.50. The lowest BCUT2D eigenvalue weighted by molar-refractivity contribution is -0.136. The molecular weight excluding hydrogens is 392 g/mol. The Bertz CT molecular complexity index is 863. The quantitative estimate of drug-likeness (QED) is 0.564. The standard InChI is InChI=1S/C24H32N4O3/c1-17(11-12-26-18(2)27-22(30)13-19-7-5-4-6-8-19)28-14-21(15-29)24(16-25-3,23(28)31)20-9-10-20/h4-8,11-12,18,20-21,29H,3,9-10,13-16H2,1-2H3,(H,27,30)/b17-11+,26-12?. The van der Waals surface area contributed by atoms with Crippen molar-refractivity contribution in [2.75, 3.05) is 19.7 Å². The molecule has 3 rings (SSSR count). The lowest BCUT2D eigenvalue weighted by Gasteiger charge is -2.30. The molecule has 2 amide bonds. The second kappa shape index (κ2) is 10.0. The summed E-state index contributed by atoms with van der Waals surface area (Å²) in [5, 5.41) is 12.8. The molecule has 166 valence electrons. The van der Waals surface area contributed by atoms with E-state index in [1.165, 1.54) is 0 Å². The van der Waals surface area contributed by atoms with Crippen molar-refractivity contribution in [3.8, 4) is 0 Å². The van der Waals surface area contributed by atoms with Crippen LogP contribution in [-0.4, -0.2) is 60.6 Å². The van der Waals surface area contributed by atoms with E-state index in [2.05, 4.69) is 22.0 Å². The Hall–Kier alpha value is -2.80. The largest absolute Gasteiger partial charge is 0.396 e. The zero-order valence-corrected chi connectivity index (χ0v) is 18.3. The Balaban J connectivity index is 1.60. The van der Waals surface area contributed by atoms with Crippen LogP contribution in [0.5, 0.6) is 0 Å². The van der Waals surface area contributed by atoms with Crippen LogP contribution in [0.3, 0.4) is 0 Å². The molecule has 1 aliphatic carbocycles. The highest BCUT2D eigenvalue weighted by molar-refractivity contribution is 5.89. The Kier molecular flexibility index (Phi) is 7.38. The molecule has 2 N–H and O–H groups in total. The van der Waals surface area contributed by atoms with Gasteiger partial charge in [-0.25, -0.2) is 0 Å². The summed E-state index contributed by atoms with van der Waals surface area (Å²) in [6, 6.07) is 9.55. The van der Waals surface area contributed by atoms with Gasteiger partial charge in [0.1, 0.15) is 6.17 Å². The molecule has 0 radical (unpaired) electrons. The maximum Gasteiger partial charge on any atom is 0.235 e. The number of likely N-dealkylation sites (tertiary alicyclic amines) is 1. The highest BCUT2D eigenvalue weighted by Gasteiger charge is 2.61. The molecular formula is C24H32N4O3. The van der Waals surface area contributed by atoms with Gasteiger partial charge in [0.15, 0.2) is 0 Å². The number of benzene rings is 1. The van der Waals surface area contributed by atoms with Gasteiger partial charge in [0.25, 0.3) is 0 Å². The van der Waals surface area contributed by atoms with Crippen molar-refractivity contribution in [3.63, 3.8) is 0 Å². The average Bonchev–Trinajstić information content (AvgIpc) is 3.55. The van der Waals surface area contributed by atoms with Crippen LogP contribution in [0.15, 0.2) is 52.1 Å². The smallest absolute Gasteiger partial charge is 0.235 e. The van der Waals surface area contributed by atoms with Crippen molar-refractivity contribution in [1.29, 1.82) is 0 Å². The van der Waals surface area contributed by atoms with Crippen molar-refractivity contribution in [2.24, 2.45) is 27.2 Å². The third-order valence-electron chi connectivity index (χ3n) is 6.30. The molecule has 0 bridgehead atoms. The molecule has 1 aromatic carbocycles. The minimum absolute atomic E-state index is 0.0211. The third kappa shape index (κ3) is 5.10. The van der Waals surface area contributed by atoms with E-state index >= 15 is 0 Å². The molecule has 1 aliphatic heterocycles. The zero-order chi connectivity index (χ0) is 22.4. The molecule has 3 unspecified atom stereocenters. The molecule has 7 heteroatoms. The Morgan fingerprint density at radius 1 is 1.39 bits per heavy atom. The van der Waals surface area contributed by atoms with Crippen LogP contribution in [0.1, 0.15) is 32.3 Å². The molecule has 31 heavy (non-hydrogen) atoms. The van der Waals surface area contributed by atoms with E-state index in [1.807, 2.05) is 37.3 Å². The minimum atomic E-state index is -0.637. The molecule has 0 spiro atoms. The van der Waals surface area contributed by atoms with E-state index in [-0.39, 0.29) is 36.4 Å². The van der Waals surface area contributed by atoms with E-state index in [1.54, 1.807) is 24.1 Å². The van der Waals surface area contributed by atoms with Gasteiger partial charge in [-0.15, -0.1) is 0 Å². The summed E-state index contributed by atoms with van der Waals surface area (Å²) in [6.07, 6.45) is 5.31. The fourth-order valence-corrected chi connectivity index (χ4v) is 4.51. The first kappa shape index (κ1) is 22.9. The summed E-state index contributed by atoms with van der Waals surface area (Å²) < 4.78 is 0. The number of aliphatic hydroxyl groups excluding tert-OH is 1. The summed E-state index contributed by atoms with van der Waals surface area (Å²) in [7, 11) is 0. The second-order valence-corrected chi connectivity index (χ2v) is 8.50. The number of amides is 2. The fraction of sp³-hybridized carbons (Fsp3) is 0.500. The molecule has 7 nitrogen and oxygen atoms in total. The number of aliphatic imine (C=N–C) groups is 2. The molecule has 1 saturated heterocycles. The van der Waals surface area contributed by atoms with Crippen LogP contribution in [-0.2, 0) is 16.0 Å². The lowest BCUT2D eigenvalue weighted by Crippen LogP contribution is -2.42. The van der Waals surface area contributed by atoms with E-state index in [0.29, 0.717) is 19.5 Å². The molecule has 1 saturated carbocycles.